The van der Waals surface area contributed by atoms with E-state index in [1.807, 2.05) is 25.1 Å². The van der Waals surface area contributed by atoms with Crippen molar-refractivity contribution in [3.63, 3.8) is 0 Å². The van der Waals surface area contributed by atoms with Crippen molar-refractivity contribution >= 4 is 11.8 Å². The summed E-state index contributed by atoms with van der Waals surface area (Å²) >= 11 is 0. The minimum absolute atomic E-state index is 0.282. The van der Waals surface area contributed by atoms with Crippen LogP contribution in [0, 0.1) is 6.92 Å². The van der Waals surface area contributed by atoms with Gasteiger partial charge in [0.1, 0.15) is 12.4 Å². The molecule has 0 heterocycles. The lowest BCUT2D eigenvalue weighted by Gasteiger charge is -2.16. The number of carbonyl (C=O) groups is 1. The van der Waals surface area contributed by atoms with Gasteiger partial charge in [-0.15, -0.1) is 0 Å². The van der Waals surface area contributed by atoms with Crippen molar-refractivity contribution in [2.24, 2.45) is 5.84 Å². The summed E-state index contributed by atoms with van der Waals surface area (Å²) in [5.41, 5.74) is 2.85. The Bertz CT molecular complexity index is 626. The number of hydrogen-bond donors (Lipinski definition) is 1. The molecule has 2 rings (SSSR count). The molecule has 5 heteroatoms. The van der Waals surface area contributed by atoms with Gasteiger partial charge in [-0.05, 0) is 43.7 Å². The number of nitrogens with zero attached hydrogens (tertiary/aromatic N) is 1. The third kappa shape index (κ3) is 4.23. The monoisotopic (exact) mass is 300 g/mol. The summed E-state index contributed by atoms with van der Waals surface area (Å²) in [5.74, 6) is 6.38. The molecule has 0 spiro atoms. The highest BCUT2D eigenvalue weighted by molar-refractivity contribution is 5.86. The van der Waals surface area contributed by atoms with Crippen LogP contribution in [0.15, 0.2) is 48.5 Å². The van der Waals surface area contributed by atoms with Crippen LogP contribution in [-0.2, 0) is 11.3 Å². The van der Waals surface area contributed by atoms with Crippen LogP contribution in [0.3, 0.4) is 0 Å². The average molecular weight is 300 g/mol. The maximum Gasteiger partial charge on any atom is 0.428 e. The van der Waals surface area contributed by atoms with Gasteiger partial charge in [0.25, 0.3) is 0 Å². The van der Waals surface area contributed by atoms with Crippen LogP contribution in [0.1, 0.15) is 18.1 Å². The summed E-state index contributed by atoms with van der Waals surface area (Å²) in [6.07, 6.45) is -0.587. The number of nitrogens with two attached hydrogens (primary N) is 1. The van der Waals surface area contributed by atoms with Gasteiger partial charge in [-0.1, -0.05) is 29.8 Å². The molecule has 2 aromatic rings. The Labute approximate surface area is 130 Å². The highest BCUT2D eigenvalue weighted by Gasteiger charge is 2.12. The fraction of sp³-hybridized carbons (Fsp3) is 0.235. The summed E-state index contributed by atoms with van der Waals surface area (Å²) in [7, 11) is 0. The van der Waals surface area contributed by atoms with Crippen LogP contribution < -0.4 is 15.6 Å². The highest BCUT2D eigenvalue weighted by Crippen LogP contribution is 2.19. The van der Waals surface area contributed by atoms with Crippen molar-refractivity contribution in [1.29, 1.82) is 0 Å². The molecule has 0 atom stereocenters. The normalized spacial score (nSPS) is 10.1. The van der Waals surface area contributed by atoms with E-state index >= 15 is 0 Å². The third-order valence-electron chi connectivity index (χ3n) is 3.07. The van der Waals surface area contributed by atoms with Crippen molar-refractivity contribution in [1.82, 2.24) is 0 Å². The predicted molar refractivity (Wildman–Crippen MR) is 85.6 cm³/mol. The Morgan fingerprint density at radius 2 is 1.91 bits per heavy atom. The summed E-state index contributed by atoms with van der Waals surface area (Å²) < 4.78 is 10.5. The Balaban J connectivity index is 1.95. The van der Waals surface area contributed by atoms with E-state index in [4.69, 9.17) is 15.3 Å². The van der Waals surface area contributed by atoms with Gasteiger partial charge in [-0.2, -0.15) is 0 Å². The van der Waals surface area contributed by atoms with E-state index in [-0.39, 0.29) is 6.61 Å². The molecule has 0 unspecified atom stereocenters. The fourth-order valence-electron chi connectivity index (χ4n) is 1.97. The van der Waals surface area contributed by atoms with Gasteiger partial charge >= 0.3 is 6.09 Å². The molecule has 0 aliphatic carbocycles. The zero-order valence-corrected chi connectivity index (χ0v) is 12.8. The lowest BCUT2D eigenvalue weighted by atomic mass is 10.1. The summed E-state index contributed by atoms with van der Waals surface area (Å²) in [4.78, 5) is 11.5. The molecule has 116 valence electrons. The van der Waals surface area contributed by atoms with Gasteiger partial charge in [-0.3, -0.25) is 0 Å². The Kier molecular flexibility index (Phi) is 5.38. The lowest BCUT2D eigenvalue weighted by molar-refractivity contribution is 0.160. The number of carbonyl (C=O) groups excluding carboxylic acids is 1. The molecular formula is C17H20N2O3. The van der Waals surface area contributed by atoms with E-state index < -0.39 is 6.09 Å². The topological polar surface area (TPSA) is 64.8 Å². The molecular weight excluding hydrogens is 280 g/mol. The van der Waals surface area contributed by atoms with E-state index in [0.717, 1.165) is 10.6 Å². The average Bonchev–Trinajstić information content (AvgIpc) is 2.53. The number of benzene rings is 2. The second-order valence-electron chi connectivity index (χ2n) is 4.84. The number of hydrazine groups is 1. The minimum atomic E-state index is -0.587. The van der Waals surface area contributed by atoms with Gasteiger partial charge in [0.2, 0.25) is 0 Å². The molecule has 1 amide bonds. The number of amides is 1. The van der Waals surface area contributed by atoms with Gasteiger partial charge < -0.3 is 9.47 Å². The van der Waals surface area contributed by atoms with E-state index in [1.54, 1.807) is 31.2 Å². The first-order chi connectivity index (χ1) is 10.6. The molecule has 0 bridgehead atoms. The Morgan fingerprint density at radius 1 is 1.18 bits per heavy atom. The molecule has 5 nitrogen and oxygen atoms in total. The van der Waals surface area contributed by atoms with Crippen molar-refractivity contribution < 1.29 is 14.3 Å². The van der Waals surface area contributed by atoms with Crippen molar-refractivity contribution in [2.45, 2.75) is 20.5 Å². The largest absolute Gasteiger partial charge is 0.489 e. The SMILES string of the molecule is CCOC(=O)N(N)c1ccc(OCc2cccc(C)c2)cc1. The maximum atomic E-state index is 11.5. The maximum absolute atomic E-state index is 11.5. The third-order valence-corrected chi connectivity index (χ3v) is 3.07. The fourth-order valence-corrected chi connectivity index (χ4v) is 1.97. The lowest BCUT2D eigenvalue weighted by Crippen LogP contribution is -2.37. The van der Waals surface area contributed by atoms with Gasteiger partial charge in [0, 0.05) is 0 Å². The number of anilines is 1. The van der Waals surface area contributed by atoms with Gasteiger partial charge in [0.15, 0.2) is 0 Å². The molecule has 0 aliphatic rings. The van der Waals surface area contributed by atoms with Gasteiger partial charge in [0.05, 0.1) is 12.3 Å². The van der Waals surface area contributed by atoms with Crippen LogP contribution in [0.2, 0.25) is 0 Å². The molecule has 2 N–H and O–H groups in total. The molecule has 0 saturated carbocycles. The number of rotatable bonds is 5. The van der Waals surface area contributed by atoms with E-state index in [0.29, 0.717) is 18.0 Å². The van der Waals surface area contributed by atoms with E-state index in [1.165, 1.54) is 5.56 Å². The predicted octanol–water partition coefficient (Wildman–Crippen LogP) is 3.41. The molecule has 0 radical (unpaired) electrons. The highest BCUT2D eigenvalue weighted by atomic mass is 16.6. The first kappa shape index (κ1) is 15.9. The second kappa shape index (κ2) is 7.47. The molecule has 0 aliphatic heterocycles. The number of aryl methyl sites for hydroxylation is 1. The van der Waals surface area contributed by atoms with Crippen LogP contribution in [0.25, 0.3) is 0 Å². The van der Waals surface area contributed by atoms with Gasteiger partial charge in [-0.25, -0.2) is 15.6 Å². The zero-order chi connectivity index (χ0) is 15.9. The van der Waals surface area contributed by atoms with Crippen molar-refractivity contribution in [3.8, 4) is 5.75 Å². The van der Waals surface area contributed by atoms with Crippen LogP contribution in [0.5, 0.6) is 5.75 Å². The first-order valence-corrected chi connectivity index (χ1v) is 7.10. The van der Waals surface area contributed by atoms with E-state index in [9.17, 15) is 4.79 Å². The molecule has 0 fully saturated rings. The summed E-state index contributed by atoms with van der Waals surface area (Å²) in [6.45, 7) is 4.55. The number of hydrogen-bond acceptors (Lipinski definition) is 4. The summed E-state index contributed by atoms with van der Waals surface area (Å²) in [5, 5.41) is 0.966. The second-order valence-corrected chi connectivity index (χ2v) is 4.84. The van der Waals surface area contributed by atoms with Crippen LogP contribution in [-0.4, -0.2) is 12.7 Å². The minimum Gasteiger partial charge on any atom is -0.489 e. The quantitative estimate of drug-likeness (QED) is 0.522. The zero-order valence-electron chi connectivity index (χ0n) is 12.8. The molecule has 22 heavy (non-hydrogen) atoms. The Morgan fingerprint density at radius 3 is 2.55 bits per heavy atom. The smallest absolute Gasteiger partial charge is 0.428 e. The van der Waals surface area contributed by atoms with Crippen molar-refractivity contribution in [3.05, 3.63) is 59.7 Å². The number of ether oxygens (including phenoxy) is 2. The van der Waals surface area contributed by atoms with Crippen LogP contribution in [0.4, 0.5) is 10.5 Å². The Hall–Kier alpha value is -2.53. The summed E-state index contributed by atoms with van der Waals surface area (Å²) in [6, 6.07) is 15.1. The standard InChI is InChI=1S/C17H20N2O3/c1-3-21-17(20)19(18)15-7-9-16(10-8-15)22-12-14-6-4-5-13(2)11-14/h4-11H,3,12,18H2,1-2H3. The van der Waals surface area contributed by atoms with E-state index in [2.05, 4.69) is 6.07 Å². The first-order valence-electron chi connectivity index (χ1n) is 7.10. The molecule has 2 aromatic carbocycles. The molecule has 0 saturated heterocycles. The van der Waals surface area contributed by atoms with Crippen LogP contribution >= 0.6 is 0 Å². The molecule has 0 aromatic heterocycles. The van der Waals surface area contributed by atoms with Crippen molar-refractivity contribution in [2.75, 3.05) is 11.6 Å².